The van der Waals surface area contributed by atoms with Gasteiger partial charge in [0.1, 0.15) is 11.5 Å². The lowest BCUT2D eigenvalue weighted by Crippen LogP contribution is -1.90. The summed E-state index contributed by atoms with van der Waals surface area (Å²) in [6.45, 7) is 0. The normalized spacial score (nSPS) is 9.76. The van der Waals surface area contributed by atoms with Gasteiger partial charge in [-0.2, -0.15) is 0 Å². The first-order valence-corrected chi connectivity index (χ1v) is 5.20. The van der Waals surface area contributed by atoms with E-state index in [-0.39, 0.29) is 0 Å². The molecule has 3 nitrogen and oxygen atoms in total. The Labute approximate surface area is 101 Å². The first-order valence-electron chi connectivity index (χ1n) is 5.20. The lowest BCUT2D eigenvalue weighted by molar-refractivity contribution is 0.377. The molecule has 0 amide bonds. The average molecular weight is 229 g/mol. The molecular formula is C14H13O3. The maximum absolute atomic E-state index is 5.66. The summed E-state index contributed by atoms with van der Waals surface area (Å²) in [6.07, 6.45) is 0. The highest BCUT2D eigenvalue weighted by atomic mass is 16.5. The summed E-state index contributed by atoms with van der Waals surface area (Å²) in [5.74, 6) is 2.73. The van der Waals surface area contributed by atoms with Gasteiger partial charge in [0.25, 0.3) is 0 Å². The number of hydrogen-bond acceptors (Lipinski definition) is 3. The van der Waals surface area contributed by atoms with Gasteiger partial charge in [0.2, 0.25) is 0 Å². The standard InChI is InChI=1S/C14H13O3/c1-15-11-7-9-12(10-8-11)17-14-6-4-3-5-13(14)16-2/h3-5,7-10H,1-2H3. The zero-order valence-electron chi connectivity index (χ0n) is 9.77. The van der Waals surface area contributed by atoms with E-state index >= 15 is 0 Å². The van der Waals surface area contributed by atoms with Gasteiger partial charge in [0, 0.05) is 6.07 Å². The van der Waals surface area contributed by atoms with E-state index in [2.05, 4.69) is 6.07 Å². The summed E-state index contributed by atoms with van der Waals surface area (Å²) in [5.41, 5.74) is 0. The van der Waals surface area contributed by atoms with Crippen LogP contribution in [0.4, 0.5) is 0 Å². The minimum Gasteiger partial charge on any atom is -0.497 e. The second-order valence-electron chi connectivity index (χ2n) is 3.35. The molecule has 0 aliphatic heterocycles. The summed E-state index contributed by atoms with van der Waals surface area (Å²) < 4.78 is 15.9. The molecule has 0 bridgehead atoms. The van der Waals surface area contributed by atoms with Crippen LogP contribution in [0.15, 0.2) is 42.5 Å². The van der Waals surface area contributed by atoms with Crippen molar-refractivity contribution in [3.63, 3.8) is 0 Å². The van der Waals surface area contributed by atoms with Crippen LogP contribution in [0, 0.1) is 6.07 Å². The highest BCUT2D eigenvalue weighted by Gasteiger charge is 2.04. The van der Waals surface area contributed by atoms with E-state index in [4.69, 9.17) is 14.2 Å². The molecule has 0 heterocycles. The van der Waals surface area contributed by atoms with Gasteiger partial charge in [-0.3, -0.25) is 0 Å². The van der Waals surface area contributed by atoms with Crippen molar-refractivity contribution in [2.45, 2.75) is 0 Å². The molecule has 0 atom stereocenters. The number of hydrogen-bond donors (Lipinski definition) is 0. The Morgan fingerprint density at radius 3 is 2.24 bits per heavy atom. The van der Waals surface area contributed by atoms with Gasteiger partial charge in [0.15, 0.2) is 11.5 Å². The minimum atomic E-state index is 0.570. The largest absolute Gasteiger partial charge is 0.497 e. The lowest BCUT2D eigenvalue weighted by atomic mass is 10.3. The molecule has 0 saturated heterocycles. The monoisotopic (exact) mass is 229 g/mol. The number of para-hydroxylation sites is 1. The third kappa shape index (κ3) is 2.69. The fourth-order valence-corrected chi connectivity index (χ4v) is 1.41. The number of rotatable bonds is 4. The van der Waals surface area contributed by atoms with Gasteiger partial charge in [-0.15, -0.1) is 0 Å². The molecule has 2 rings (SSSR count). The molecule has 2 aromatic carbocycles. The summed E-state index contributed by atoms with van der Waals surface area (Å²) in [5, 5.41) is 0. The van der Waals surface area contributed by atoms with Crippen LogP contribution in [0.1, 0.15) is 0 Å². The molecule has 0 unspecified atom stereocenters. The zero-order valence-corrected chi connectivity index (χ0v) is 9.77. The predicted octanol–water partition coefficient (Wildman–Crippen LogP) is 3.30. The zero-order chi connectivity index (χ0) is 12.1. The second kappa shape index (κ2) is 5.25. The van der Waals surface area contributed by atoms with Crippen LogP contribution < -0.4 is 14.2 Å². The predicted molar refractivity (Wildman–Crippen MR) is 64.9 cm³/mol. The van der Waals surface area contributed by atoms with Gasteiger partial charge in [-0.05, 0) is 30.3 Å². The van der Waals surface area contributed by atoms with Crippen LogP contribution in [0.2, 0.25) is 0 Å². The van der Waals surface area contributed by atoms with E-state index < -0.39 is 0 Å². The van der Waals surface area contributed by atoms with Crippen molar-refractivity contribution in [3.05, 3.63) is 48.5 Å². The minimum absolute atomic E-state index is 0.570. The molecule has 0 saturated carbocycles. The Balaban J connectivity index is 2.19. The van der Waals surface area contributed by atoms with Crippen LogP contribution in [-0.2, 0) is 0 Å². The summed E-state index contributed by atoms with van der Waals surface area (Å²) in [4.78, 5) is 0. The third-order valence-corrected chi connectivity index (χ3v) is 2.28. The quantitative estimate of drug-likeness (QED) is 0.805. The van der Waals surface area contributed by atoms with E-state index in [1.807, 2.05) is 36.4 Å². The van der Waals surface area contributed by atoms with E-state index in [1.54, 1.807) is 20.3 Å². The molecule has 0 N–H and O–H groups in total. The lowest BCUT2D eigenvalue weighted by Gasteiger charge is -2.09. The SMILES string of the molecule is COc1ccc(Oc2[c]cccc2OC)cc1. The Morgan fingerprint density at radius 1 is 0.882 bits per heavy atom. The molecule has 0 aromatic heterocycles. The first-order chi connectivity index (χ1) is 8.33. The molecule has 87 valence electrons. The molecule has 0 aliphatic rings. The van der Waals surface area contributed by atoms with Gasteiger partial charge >= 0.3 is 0 Å². The number of benzene rings is 2. The van der Waals surface area contributed by atoms with Crippen molar-refractivity contribution in [2.75, 3.05) is 14.2 Å². The maximum atomic E-state index is 5.66. The number of ether oxygens (including phenoxy) is 3. The van der Waals surface area contributed by atoms with Crippen LogP contribution in [0.25, 0.3) is 0 Å². The van der Waals surface area contributed by atoms with Crippen molar-refractivity contribution in [1.29, 1.82) is 0 Å². The molecular weight excluding hydrogens is 216 g/mol. The maximum Gasteiger partial charge on any atom is 0.177 e. The van der Waals surface area contributed by atoms with Crippen LogP contribution in [0.5, 0.6) is 23.0 Å². The van der Waals surface area contributed by atoms with E-state index in [9.17, 15) is 0 Å². The first kappa shape index (κ1) is 11.3. The smallest absolute Gasteiger partial charge is 0.177 e. The molecule has 17 heavy (non-hydrogen) atoms. The van der Waals surface area contributed by atoms with Crippen LogP contribution >= 0.6 is 0 Å². The fraction of sp³-hybridized carbons (Fsp3) is 0.143. The molecule has 0 spiro atoms. The van der Waals surface area contributed by atoms with Gasteiger partial charge in [-0.1, -0.05) is 12.1 Å². The Kier molecular flexibility index (Phi) is 3.50. The van der Waals surface area contributed by atoms with Crippen molar-refractivity contribution >= 4 is 0 Å². The van der Waals surface area contributed by atoms with E-state index in [0.29, 0.717) is 17.2 Å². The van der Waals surface area contributed by atoms with Gasteiger partial charge in [0.05, 0.1) is 14.2 Å². The molecule has 2 aromatic rings. The molecule has 3 heteroatoms. The molecule has 0 fully saturated rings. The van der Waals surface area contributed by atoms with E-state index in [0.717, 1.165) is 5.75 Å². The average Bonchev–Trinajstić information content (AvgIpc) is 2.40. The van der Waals surface area contributed by atoms with Crippen molar-refractivity contribution in [1.82, 2.24) is 0 Å². The van der Waals surface area contributed by atoms with Crippen LogP contribution in [-0.4, -0.2) is 14.2 Å². The second-order valence-corrected chi connectivity index (χ2v) is 3.35. The Bertz CT molecular complexity index is 477. The molecule has 0 aliphatic carbocycles. The summed E-state index contributed by atoms with van der Waals surface area (Å²) in [7, 11) is 3.23. The third-order valence-electron chi connectivity index (χ3n) is 2.28. The topological polar surface area (TPSA) is 27.7 Å². The highest BCUT2D eigenvalue weighted by molar-refractivity contribution is 5.42. The van der Waals surface area contributed by atoms with Crippen molar-refractivity contribution < 1.29 is 14.2 Å². The van der Waals surface area contributed by atoms with Crippen molar-refractivity contribution in [2.24, 2.45) is 0 Å². The fourth-order valence-electron chi connectivity index (χ4n) is 1.41. The van der Waals surface area contributed by atoms with Gasteiger partial charge in [-0.25, -0.2) is 0 Å². The van der Waals surface area contributed by atoms with Crippen LogP contribution in [0.3, 0.4) is 0 Å². The summed E-state index contributed by atoms with van der Waals surface area (Å²) in [6, 6.07) is 15.8. The highest BCUT2D eigenvalue weighted by Crippen LogP contribution is 2.30. The van der Waals surface area contributed by atoms with Gasteiger partial charge < -0.3 is 14.2 Å². The van der Waals surface area contributed by atoms with E-state index in [1.165, 1.54) is 0 Å². The molecule has 1 radical (unpaired) electrons. The Hall–Kier alpha value is -2.16. The Morgan fingerprint density at radius 2 is 1.59 bits per heavy atom. The number of methoxy groups -OCH3 is 2. The summed E-state index contributed by atoms with van der Waals surface area (Å²) >= 11 is 0. The van der Waals surface area contributed by atoms with Crippen molar-refractivity contribution in [3.8, 4) is 23.0 Å².